The SMILES string of the molecule is Cc1ccc(NC(=O)CCCCCN)cc1Cl. The fraction of sp³-hybridized carbons (Fsp3) is 0.462. The van der Waals surface area contributed by atoms with E-state index in [0.717, 1.165) is 30.5 Å². The van der Waals surface area contributed by atoms with Gasteiger partial charge in [-0.1, -0.05) is 24.1 Å². The molecule has 1 aromatic rings. The van der Waals surface area contributed by atoms with Crippen LogP contribution in [0.4, 0.5) is 5.69 Å². The highest BCUT2D eigenvalue weighted by molar-refractivity contribution is 6.31. The Hall–Kier alpha value is -1.06. The number of amides is 1. The van der Waals surface area contributed by atoms with Crippen molar-refractivity contribution in [3.05, 3.63) is 28.8 Å². The number of hydrogen-bond donors (Lipinski definition) is 2. The van der Waals surface area contributed by atoms with E-state index in [0.29, 0.717) is 18.0 Å². The zero-order chi connectivity index (χ0) is 12.7. The summed E-state index contributed by atoms with van der Waals surface area (Å²) in [5.74, 6) is 0.0296. The second kappa shape index (κ2) is 7.30. The fourth-order valence-electron chi connectivity index (χ4n) is 1.50. The predicted molar refractivity (Wildman–Crippen MR) is 72.3 cm³/mol. The van der Waals surface area contributed by atoms with Crippen LogP contribution in [0.1, 0.15) is 31.2 Å². The maximum atomic E-state index is 11.6. The van der Waals surface area contributed by atoms with Crippen LogP contribution in [0.2, 0.25) is 5.02 Å². The van der Waals surface area contributed by atoms with E-state index in [9.17, 15) is 4.79 Å². The third-order valence-corrected chi connectivity index (χ3v) is 2.97. The van der Waals surface area contributed by atoms with Crippen LogP contribution in [-0.4, -0.2) is 12.5 Å². The molecule has 1 rings (SSSR count). The molecule has 94 valence electrons. The normalized spacial score (nSPS) is 10.3. The minimum absolute atomic E-state index is 0.0296. The first kappa shape index (κ1) is 14.0. The van der Waals surface area contributed by atoms with Crippen molar-refractivity contribution in [2.24, 2.45) is 5.73 Å². The Morgan fingerprint density at radius 3 is 2.76 bits per heavy atom. The van der Waals surface area contributed by atoms with E-state index < -0.39 is 0 Å². The van der Waals surface area contributed by atoms with Crippen LogP contribution in [0.15, 0.2) is 18.2 Å². The fourth-order valence-corrected chi connectivity index (χ4v) is 1.68. The number of benzene rings is 1. The summed E-state index contributed by atoms with van der Waals surface area (Å²) in [5, 5.41) is 3.50. The lowest BCUT2D eigenvalue weighted by molar-refractivity contribution is -0.116. The van der Waals surface area contributed by atoms with E-state index in [1.807, 2.05) is 19.1 Å². The van der Waals surface area contributed by atoms with E-state index >= 15 is 0 Å². The first-order valence-corrected chi connectivity index (χ1v) is 6.27. The molecule has 0 radical (unpaired) electrons. The number of carbonyl (C=O) groups excluding carboxylic acids is 1. The third-order valence-electron chi connectivity index (χ3n) is 2.56. The number of rotatable bonds is 6. The number of hydrogen-bond acceptors (Lipinski definition) is 2. The summed E-state index contributed by atoms with van der Waals surface area (Å²) in [4.78, 5) is 11.6. The lowest BCUT2D eigenvalue weighted by Gasteiger charge is -2.06. The standard InChI is InChI=1S/C13H19ClN2O/c1-10-6-7-11(9-12(10)14)16-13(17)5-3-2-4-8-15/h6-7,9H,2-5,8,15H2,1H3,(H,16,17). The van der Waals surface area contributed by atoms with Gasteiger partial charge in [-0.15, -0.1) is 0 Å². The molecular formula is C13H19ClN2O. The van der Waals surface area contributed by atoms with Crippen molar-refractivity contribution >= 4 is 23.2 Å². The van der Waals surface area contributed by atoms with Gasteiger partial charge >= 0.3 is 0 Å². The van der Waals surface area contributed by atoms with Gasteiger partial charge < -0.3 is 11.1 Å². The van der Waals surface area contributed by atoms with Crippen molar-refractivity contribution < 1.29 is 4.79 Å². The molecule has 0 bridgehead atoms. The Morgan fingerprint density at radius 1 is 1.35 bits per heavy atom. The average Bonchev–Trinajstić information content (AvgIpc) is 2.30. The van der Waals surface area contributed by atoms with Crippen molar-refractivity contribution in [2.45, 2.75) is 32.6 Å². The molecule has 0 atom stereocenters. The zero-order valence-electron chi connectivity index (χ0n) is 10.1. The first-order chi connectivity index (χ1) is 8.13. The summed E-state index contributed by atoms with van der Waals surface area (Å²) in [6, 6.07) is 5.53. The summed E-state index contributed by atoms with van der Waals surface area (Å²) in [6.45, 7) is 2.62. The topological polar surface area (TPSA) is 55.1 Å². The van der Waals surface area contributed by atoms with E-state index in [4.69, 9.17) is 17.3 Å². The molecule has 0 saturated heterocycles. The average molecular weight is 255 g/mol. The number of aryl methyl sites for hydroxylation is 1. The van der Waals surface area contributed by atoms with Gasteiger partial charge in [-0.2, -0.15) is 0 Å². The molecule has 17 heavy (non-hydrogen) atoms. The number of nitrogens with one attached hydrogen (secondary N) is 1. The number of halogens is 1. The molecule has 0 saturated carbocycles. The molecule has 0 aromatic heterocycles. The van der Waals surface area contributed by atoms with Crippen molar-refractivity contribution in [2.75, 3.05) is 11.9 Å². The summed E-state index contributed by atoms with van der Waals surface area (Å²) in [7, 11) is 0. The van der Waals surface area contributed by atoms with Crippen LogP contribution in [0.5, 0.6) is 0 Å². The van der Waals surface area contributed by atoms with E-state index in [2.05, 4.69) is 5.32 Å². The number of anilines is 1. The molecule has 0 aliphatic heterocycles. The first-order valence-electron chi connectivity index (χ1n) is 5.89. The van der Waals surface area contributed by atoms with Gasteiger partial charge in [-0.25, -0.2) is 0 Å². The minimum atomic E-state index is 0.0296. The lowest BCUT2D eigenvalue weighted by atomic mass is 10.2. The van der Waals surface area contributed by atoms with Gasteiger partial charge in [0.2, 0.25) is 5.91 Å². The number of nitrogens with two attached hydrogens (primary N) is 1. The summed E-state index contributed by atoms with van der Waals surface area (Å²) < 4.78 is 0. The summed E-state index contributed by atoms with van der Waals surface area (Å²) in [5.41, 5.74) is 7.15. The van der Waals surface area contributed by atoms with E-state index in [1.165, 1.54) is 0 Å². The zero-order valence-corrected chi connectivity index (χ0v) is 10.9. The second-order valence-corrected chi connectivity index (χ2v) is 4.52. The summed E-state index contributed by atoms with van der Waals surface area (Å²) >= 11 is 5.98. The molecule has 0 fully saturated rings. The van der Waals surface area contributed by atoms with Crippen molar-refractivity contribution in [1.82, 2.24) is 0 Å². The van der Waals surface area contributed by atoms with Gasteiger partial charge in [0, 0.05) is 17.1 Å². The Kier molecular flexibility index (Phi) is 6.01. The van der Waals surface area contributed by atoms with Crippen LogP contribution >= 0.6 is 11.6 Å². The van der Waals surface area contributed by atoms with Crippen molar-refractivity contribution in [1.29, 1.82) is 0 Å². The van der Waals surface area contributed by atoms with Gasteiger partial charge in [-0.05, 0) is 44.0 Å². The largest absolute Gasteiger partial charge is 0.330 e. The Balaban J connectivity index is 2.37. The quantitative estimate of drug-likeness (QED) is 0.767. The minimum Gasteiger partial charge on any atom is -0.330 e. The van der Waals surface area contributed by atoms with Gasteiger partial charge in [0.05, 0.1) is 0 Å². The molecule has 3 N–H and O–H groups in total. The van der Waals surface area contributed by atoms with Crippen molar-refractivity contribution in [3.8, 4) is 0 Å². The maximum absolute atomic E-state index is 11.6. The monoisotopic (exact) mass is 254 g/mol. The number of carbonyl (C=O) groups is 1. The Labute approximate surface area is 107 Å². The van der Waals surface area contributed by atoms with Gasteiger partial charge in [-0.3, -0.25) is 4.79 Å². The van der Waals surface area contributed by atoms with Gasteiger partial charge in [0.1, 0.15) is 0 Å². The lowest BCUT2D eigenvalue weighted by Crippen LogP contribution is -2.11. The van der Waals surface area contributed by atoms with Crippen LogP contribution in [-0.2, 0) is 4.79 Å². The Morgan fingerprint density at radius 2 is 2.12 bits per heavy atom. The molecule has 1 amide bonds. The molecule has 0 heterocycles. The van der Waals surface area contributed by atoms with Crippen LogP contribution in [0, 0.1) is 6.92 Å². The third kappa shape index (κ3) is 5.20. The second-order valence-electron chi connectivity index (χ2n) is 4.11. The molecule has 4 heteroatoms. The summed E-state index contributed by atoms with van der Waals surface area (Å²) in [6.07, 6.45) is 3.39. The van der Waals surface area contributed by atoms with Crippen molar-refractivity contribution in [3.63, 3.8) is 0 Å². The molecule has 0 aliphatic rings. The Bertz CT molecular complexity index is 380. The molecule has 0 spiro atoms. The highest BCUT2D eigenvalue weighted by atomic mass is 35.5. The van der Waals surface area contributed by atoms with Crippen LogP contribution in [0.3, 0.4) is 0 Å². The van der Waals surface area contributed by atoms with E-state index in [1.54, 1.807) is 6.07 Å². The number of unbranched alkanes of at least 4 members (excludes halogenated alkanes) is 2. The molecule has 3 nitrogen and oxygen atoms in total. The van der Waals surface area contributed by atoms with Gasteiger partial charge in [0.25, 0.3) is 0 Å². The van der Waals surface area contributed by atoms with E-state index in [-0.39, 0.29) is 5.91 Å². The van der Waals surface area contributed by atoms with Gasteiger partial charge in [0.15, 0.2) is 0 Å². The maximum Gasteiger partial charge on any atom is 0.224 e. The molecule has 0 unspecified atom stereocenters. The van der Waals surface area contributed by atoms with Crippen LogP contribution < -0.4 is 11.1 Å². The highest BCUT2D eigenvalue weighted by Gasteiger charge is 2.03. The molecular weight excluding hydrogens is 236 g/mol. The predicted octanol–water partition coefficient (Wildman–Crippen LogP) is 3.11. The highest BCUT2D eigenvalue weighted by Crippen LogP contribution is 2.20. The van der Waals surface area contributed by atoms with Crippen LogP contribution in [0.25, 0.3) is 0 Å². The molecule has 0 aliphatic carbocycles. The molecule has 1 aromatic carbocycles. The smallest absolute Gasteiger partial charge is 0.224 e.